The summed E-state index contributed by atoms with van der Waals surface area (Å²) in [6.07, 6.45) is 5.43. The number of hydrogen-bond donors (Lipinski definition) is 1. The van der Waals surface area contributed by atoms with Crippen LogP contribution in [0.2, 0.25) is 5.02 Å². The van der Waals surface area contributed by atoms with E-state index < -0.39 is 10.2 Å². The average molecular weight is 386 g/mol. The normalized spacial score (nSPS) is 22.1. The Labute approximate surface area is 154 Å². The molecule has 3 rings (SSSR count). The van der Waals surface area contributed by atoms with Crippen molar-refractivity contribution in [3.8, 4) is 0 Å². The minimum absolute atomic E-state index is 0.113. The minimum Gasteiger partial charge on any atom is -0.352 e. The van der Waals surface area contributed by atoms with Crippen LogP contribution in [-0.4, -0.2) is 48.6 Å². The third kappa shape index (κ3) is 4.53. The van der Waals surface area contributed by atoms with Crippen LogP contribution in [0.15, 0.2) is 24.3 Å². The van der Waals surface area contributed by atoms with Crippen molar-refractivity contribution in [2.24, 2.45) is 0 Å². The van der Waals surface area contributed by atoms with E-state index in [1.165, 1.54) is 15.0 Å². The van der Waals surface area contributed by atoms with E-state index in [-0.39, 0.29) is 25.0 Å². The van der Waals surface area contributed by atoms with Gasteiger partial charge in [0.05, 0.1) is 6.54 Å². The van der Waals surface area contributed by atoms with E-state index in [0.29, 0.717) is 18.1 Å². The lowest BCUT2D eigenvalue weighted by Crippen LogP contribution is -2.44. The average Bonchev–Trinajstić information content (AvgIpc) is 2.85. The molecule has 1 aliphatic heterocycles. The lowest BCUT2D eigenvalue weighted by molar-refractivity contribution is -0.122. The molecule has 1 saturated heterocycles. The molecule has 1 aromatic rings. The van der Waals surface area contributed by atoms with Crippen LogP contribution in [-0.2, 0) is 21.5 Å². The molecule has 6 nitrogen and oxygen atoms in total. The molecule has 2 aliphatic rings. The van der Waals surface area contributed by atoms with Crippen molar-refractivity contribution >= 4 is 27.7 Å². The van der Waals surface area contributed by atoms with Crippen LogP contribution in [0.1, 0.15) is 37.7 Å². The van der Waals surface area contributed by atoms with Gasteiger partial charge in [-0.25, -0.2) is 0 Å². The summed E-state index contributed by atoms with van der Waals surface area (Å²) in [6, 6.07) is 7.39. The molecule has 1 aliphatic carbocycles. The number of benzene rings is 1. The van der Waals surface area contributed by atoms with Gasteiger partial charge in [0, 0.05) is 30.7 Å². The van der Waals surface area contributed by atoms with E-state index in [4.69, 9.17) is 11.6 Å². The fourth-order valence-electron chi connectivity index (χ4n) is 3.44. The third-order valence-electron chi connectivity index (χ3n) is 4.85. The molecule has 2 fully saturated rings. The van der Waals surface area contributed by atoms with Crippen molar-refractivity contribution in [2.75, 3.05) is 19.6 Å². The topological polar surface area (TPSA) is 69.7 Å². The first kappa shape index (κ1) is 18.6. The summed E-state index contributed by atoms with van der Waals surface area (Å²) >= 11 is 6.13. The van der Waals surface area contributed by atoms with Gasteiger partial charge in [-0.15, -0.1) is 0 Å². The summed E-state index contributed by atoms with van der Waals surface area (Å²) in [7, 11) is -3.63. The van der Waals surface area contributed by atoms with E-state index in [2.05, 4.69) is 5.32 Å². The largest absolute Gasteiger partial charge is 0.352 e. The van der Waals surface area contributed by atoms with Crippen molar-refractivity contribution in [3.05, 3.63) is 34.9 Å². The Morgan fingerprint density at radius 2 is 1.80 bits per heavy atom. The molecule has 8 heteroatoms. The molecular formula is C17H24ClN3O3S. The SMILES string of the molecule is O=C(CN1CCN(Cc2ccccc2Cl)S1(=O)=O)NC1CCCCC1. The molecule has 1 heterocycles. The molecule has 138 valence electrons. The lowest BCUT2D eigenvalue weighted by Gasteiger charge is -2.24. The maximum Gasteiger partial charge on any atom is 0.282 e. The van der Waals surface area contributed by atoms with Gasteiger partial charge in [0.15, 0.2) is 0 Å². The van der Waals surface area contributed by atoms with E-state index in [0.717, 1.165) is 31.2 Å². The van der Waals surface area contributed by atoms with Crippen molar-refractivity contribution in [3.63, 3.8) is 0 Å². The predicted octanol–water partition coefficient (Wildman–Crippen LogP) is 2.15. The highest BCUT2D eigenvalue weighted by Gasteiger charge is 2.37. The zero-order chi connectivity index (χ0) is 17.9. The highest BCUT2D eigenvalue weighted by atomic mass is 35.5. The van der Waals surface area contributed by atoms with Crippen LogP contribution in [0.5, 0.6) is 0 Å². The monoisotopic (exact) mass is 385 g/mol. The number of rotatable bonds is 5. The summed E-state index contributed by atoms with van der Waals surface area (Å²) in [4.78, 5) is 12.2. The van der Waals surface area contributed by atoms with Gasteiger partial charge in [-0.1, -0.05) is 49.1 Å². The second kappa shape index (κ2) is 8.03. The lowest BCUT2D eigenvalue weighted by atomic mass is 9.95. The number of carbonyl (C=O) groups excluding carboxylic acids is 1. The molecule has 25 heavy (non-hydrogen) atoms. The Morgan fingerprint density at radius 1 is 1.12 bits per heavy atom. The van der Waals surface area contributed by atoms with Crippen LogP contribution in [0.25, 0.3) is 0 Å². The molecule has 0 unspecified atom stereocenters. The Hall–Kier alpha value is -1.15. The first-order chi connectivity index (χ1) is 12.0. The molecule has 0 atom stereocenters. The second-order valence-corrected chi connectivity index (χ2v) is 9.00. The fraction of sp³-hybridized carbons (Fsp3) is 0.588. The number of nitrogens with one attached hydrogen (secondary N) is 1. The number of halogens is 1. The summed E-state index contributed by atoms with van der Waals surface area (Å²) in [5.41, 5.74) is 0.765. The molecule has 1 saturated carbocycles. The molecule has 1 N–H and O–H groups in total. The summed E-state index contributed by atoms with van der Waals surface area (Å²) in [5, 5.41) is 3.52. The Balaban J connectivity index is 1.58. The van der Waals surface area contributed by atoms with Crippen molar-refractivity contribution in [1.82, 2.24) is 13.9 Å². The predicted molar refractivity (Wildman–Crippen MR) is 97.4 cm³/mol. The van der Waals surface area contributed by atoms with E-state index >= 15 is 0 Å². The van der Waals surface area contributed by atoms with Crippen LogP contribution in [0.3, 0.4) is 0 Å². The number of hydrogen-bond acceptors (Lipinski definition) is 3. The molecule has 1 amide bonds. The van der Waals surface area contributed by atoms with Crippen LogP contribution in [0, 0.1) is 0 Å². The van der Waals surface area contributed by atoms with Gasteiger partial charge in [0.1, 0.15) is 0 Å². The maximum atomic E-state index is 12.7. The molecule has 1 aromatic carbocycles. The van der Waals surface area contributed by atoms with Gasteiger partial charge < -0.3 is 5.32 Å². The first-order valence-corrected chi connectivity index (χ1v) is 10.5. The quantitative estimate of drug-likeness (QED) is 0.844. The molecule has 0 aromatic heterocycles. The van der Waals surface area contributed by atoms with Gasteiger partial charge in [-0.05, 0) is 24.5 Å². The molecule has 0 radical (unpaired) electrons. The fourth-order valence-corrected chi connectivity index (χ4v) is 5.16. The third-order valence-corrected chi connectivity index (χ3v) is 7.14. The first-order valence-electron chi connectivity index (χ1n) is 8.75. The standard InChI is InChI=1S/C17H24ClN3O3S/c18-16-9-5-4-6-14(16)12-20-10-11-21(25(20,23)24)13-17(22)19-15-7-2-1-3-8-15/h4-6,9,15H,1-3,7-8,10-13H2,(H,19,22). The molecule has 0 spiro atoms. The van der Waals surface area contributed by atoms with E-state index in [1.807, 2.05) is 18.2 Å². The van der Waals surface area contributed by atoms with Gasteiger partial charge in [-0.3, -0.25) is 4.79 Å². The van der Waals surface area contributed by atoms with Gasteiger partial charge in [-0.2, -0.15) is 17.0 Å². The summed E-state index contributed by atoms with van der Waals surface area (Å²) in [6.45, 7) is 0.801. The summed E-state index contributed by atoms with van der Waals surface area (Å²) in [5.74, 6) is -0.213. The van der Waals surface area contributed by atoms with E-state index in [1.54, 1.807) is 6.07 Å². The maximum absolute atomic E-state index is 12.7. The van der Waals surface area contributed by atoms with Crippen LogP contribution >= 0.6 is 11.6 Å². The van der Waals surface area contributed by atoms with E-state index in [9.17, 15) is 13.2 Å². The Bertz CT molecular complexity index is 720. The highest BCUT2D eigenvalue weighted by molar-refractivity contribution is 7.87. The second-order valence-electron chi connectivity index (χ2n) is 6.67. The van der Waals surface area contributed by atoms with Crippen molar-refractivity contribution in [1.29, 1.82) is 0 Å². The number of amides is 1. The smallest absolute Gasteiger partial charge is 0.282 e. The Morgan fingerprint density at radius 3 is 2.52 bits per heavy atom. The zero-order valence-corrected chi connectivity index (χ0v) is 15.7. The van der Waals surface area contributed by atoms with Gasteiger partial charge >= 0.3 is 0 Å². The van der Waals surface area contributed by atoms with Crippen LogP contribution in [0.4, 0.5) is 0 Å². The summed E-state index contributed by atoms with van der Waals surface area (Å²) < 4.78 is 28.0. The van der Waals surface area contributed by atoms with Crippen LogP contribution < -0.4 is 5.32 Å². The van der Waals surface area contributed by atoms with Crippen molar-refractivity contribution in [2.45, 2.75) is 44.7 Å². The van der Waals surface area contributed by atoms with Gasteiger partial charge in [0.25, 0.3) is 10.2 Å². The number of nitrogens with zero attached hydrogens (tertiary/aromatic N) is 2. The van der Waals surface area contributed by atoms with Gasteiger partial charge in [0.2, 0.25) is 5.91 Å². The Kier molecular flexibility index (Phi) is 5.99. The molecule has 0 bridgehead atoms. The number of carbonyl (C=O) groups is 1. The molecular weight excluding hydrogens is 362 g/mol. The zero-order valence-electron chi connectivity index (χ0n) is 14.2. The van der Waals surface area contributed by atoms with Crippen molar-refractivity contribution < 1.29 is 13.2 Å². The highest BCUT2D eigenvalue weighted by Crippen LogP contribution is 2.23. The minimum atomic E-state index is -3.63.